The molecule has 0 amide bonds. The van der Waals surface area contributed by atoms with Gasteiger partial charge in [0.2, 0.25) is 0 Å². The standard InChI is InChI=1S/C56H36N2/c1-3-13-37(14-4-1)39-23-26-41(27-24-39)53-36-54(58-56(57-53)42-17-5-2-6-18-42)47-32-46(44-28-25-38-15-7-8-19-43(38)31-44)33-48(34-47)55-50-22-12-10-20-45(50)35-52-49-21-11-9-16-40(49)29-30-51(52)55/h1-36H. The Morgan fingerprint density at radius 3 is 1.53 bits per heavy atom. The Balaban J connectivity index is 1.17. The predicted octanol–water partition coefficient (Wildman–Crippen LogP) is 15.1. The van der Waals surface area contributed by atoms with E-state index in [1.807, 2.05) is 18.2 Å². The van der Waals surface area contributed by atoms with Gasteiger partial charge in [0.1, 0.15) is 0 Å². The second-order valence-electron chi connectivity index (χ2n) is 15.0. The highest BCUT2D eigenvalue weighted by atomic mass is 14.9. The van der Waals surface area contributed by atoms with Crippen molar-refractivity contribution in [2.75, 3.05) is 0 Å². The van der Waals surface area contributed by atoms with Gasteiger partial charge in [-0.05, 0) is 113 Å². The maximum Gasteiger partial charge on any atom is 0.160 e. The molecule has 11 aromatic rings. The lowest BCUT2D eigenvalue weighted by molar-refractivity contribution is 1.18. The lowest BCUT2D eigenvalue weighted by Crippen LogP contribution is -1.97. The van der Waals surface area contributed by atoms with Crippen molar-refractivity contribution in [3.63, 3.8) is 0 Å². The highest BCUT2D eigenvalue weighted by Crippen LogP contribution is 2.43. The first-order valence-corrected chi connectivity index (χ1v) is 19.8. The molecule has 2 heteroatoms. The molecule has 0 atom stereocenters. The molecule has 270 valence electrons. The van der Waals surface area contributed by atoms with Crippen LogP contribution in [0, 0.1) is 0 Å². The van der Waals surface area contributed by atoms with E-state index in [1.165, 1.54) is 59.8 Å². The Morgan fingerprint density at radius 2 is 0.759 bits per heavy atom. The summed E-state index contributed by atoms with van der Waals surface area (Å²) in [5.74, 6) is 0.694. The molecule has 0 fully saturated rings. The molecule has 1 aromatic heterocycles. The zero-order valence-electron chi connectivity index (χ0n) is 31.7. The van der Waals surface area contributed by atoms with Crippen molar-refractivity contribution in [1.29, 1.82) is 0 Å². The number of aromatic nitrogens is 2. The fourth-order valence-corrected chi connectivity index (χ4v) is 8.51. The van der Waals surface area contributed by atoms with Crippen LogP contribution >= 0.6 is 0 Å². The normalized spacial score (nSPS) is 11.4. The average Bonchev–Trinajstić information content (AvgIpc) is 3.31. The predicted molar refractivity (Wildman–Crippen MR) is 245 cm³/mol. The first-order chi connectivity index (χ1) is 28.7. The van der Waals surface area contributed by atoms with E-state index in [9.17, 15) is 0 Å². The summed E-state index contributed by atoms with van der Waals surface area (Å²) < 4.78 is 0. The number of fused-ring (bicyclic) bond motifs is 5. The molecule has 58 heavy (non-hydrogen) atoms. The largest absolute Gasteiger partial charge is 0.228 e. The smallest absolute Gasteiger partial charge is 0.160 e. The first-order valence-electron chi connectivity index (χ1n) is 19.8. The van der Waals surface area contributed by atoms with Crippen molar-refractivity contribution in [2.45, 2.75) is 0 Å². The lowest BCUT2D eigenvalue weighted by Gasteiger charge is -2.17. The molecule has 0 aliphatic rings. The third-order valence-electron chi connectivity index (χ3n) is 11.4. The van der Waals surface area contributed by atoms with Gasteiger partial charge < -0.3 is 0 Å². The van der Waals surface area contributed by atoms with E-state index in [0.717, 1.165) is 44.8 Å². The number of nitrogens with zero attached hydrogens (tertiary/aromatic N) is 2. The fourth-order valence-electron chi connectivity index (χ4n) is 8.51. The molecule has 11 rings (SSSR count). The minimum absolute atomic E-state index is 0.694. The van der Waals surface area contributed by atoms with Gasteiger partial charge in [0.15, 0.2) is 5.82 Å². The lowest BCUT2D eigenvalue weighted by atomic mass is 9.87. The molecular formula is C56H36N2. The molecule has 1 heterocycles. The van der Waals surface area contributed by atoms with E-state index < -0.39 is 0 Å². The Morgan fingerprint density at radius 1 is 0.224 bits per heavy atom. The van der Waals surface area contributed by atoms with Crippen LogP contribution in [0.4, 0.5) is 0 Å². The molecule has 0 aliphatic heterocycles. The van der Waals surface area contributed by atoms with Gasteiger partial charge in [-0.25, -0.2) is 9.97 Å². The van der Waals surface area contributed by atoms with Gasteiger partial charge in [-0.1, -0.05) is 182 Å². The van der Waals surface area contributed by atoms with Crippen LogP contribution in [0.3, 0.4) is 0 Å². The number of hydrogen-bond donors (Lipinski definition) is 0. The van der Waals surface area contributed by atoms with E-state index in [-0.39, 0.29) is 0 Å². The van der Waals surface area contributed by atoms with Crippen LogP contribution in [-0.4, -0.2) is 9.97 Å². The van der Waals surface area contributed by atoms with Crippen LogP contribution in [0.25, 0.3) is 110 Å². The summed E-state index contributed by atoms with van der Waals surface area (Å²) in [4.78, 5) is 10.5. The van der Waals surface area contributed by atoms with Crippen LogP contribution < -0.4 is 0 Å². The van der Waals surface area contributed by atoms with Gasteiger partial charge in [0, 0.05) is 16.7 Å². The van der Waals surface area contributed by atoms with E-state index in [0.29, 0.717) is 5.82 Å². The minimum Gasteiger partial charge on any atom is -0.228 e. The van der Waals surface area contributed by atoms with Crippen molar-refractivity contribution in [1.82, 2.24) is 9.97 Å². The third kappa shape index (κ3) is 6.09. The zero-order valence-corrected chi connectivity index (χ0v) is 31.7. The Bertz CT molecular complexity index is 3310. The summed E-state index contributed by atoms with van der Waals surface area (Å²) in [7, 11) is 0. The highest BCUT2D eigenvalue weighted by molar-refractivity contribution is 6.20. The molecule has 0 radical (unpaired) electrons. The van der Waals surface area contributed by atoms with Crippen molar-refractivity contribution >= 4 is 43.1 Å². The Kier molecular flexibility index (Phi) is 8.19. The molecule has 0 saturated carbocycles. The van der Waals surface area contributed by atoms with Gasteiger partial charge in [-0.15, -0.1) is 0 Å². The number of hydrogen-bond acceptors (Lipinski definition) is 2. The van der Waals surface area contributed by atoms with Crippen molar-refractivity contribution in [3.8, 4) is 67.3 Å². The molecule has 2 nitrogen and oxygen atoms in total. The molecule has 0 saturated heterocycles. The van der Waals surface area contributed by atoms with Gasteiger partial charge in [0.25, 0.3) is 0 Å². The quantitative estimate of drug-likeness (QED) is 0.125. The van der Waals surface area contributed by atoms with E-state index in [1.54, 1.807) is 0 Å². The summed E-state index contributed by atoms with van der Waals surface area (Å²) in [6, 6.07) is 78.5. The average molecular weight is 737 g/mol. The van der Waals surface area contributed by atoms with Gasteiger partial charge in [-0.3, -0.25) is 0 Å². The monoisotopic (exact) mass is 736 g/mol. The molecule has 0 spiro atoms. The van der Waals surface area contributed by atoms with Crippen molar-refractivity contribution in [2.24, 2.45) is 0 Å². The van der Waals surface area contributed by atoms with Crippen molar-refractivity contribution < 1.29 is 0 Å². The van der Waals surface area contributed by atoms with Gasteiger partial charge in [-0.2, -0.15) is 0 Å². The van der Waals surface area contributed by atoms with Crippen LogP contribution in [0.15, 0.2) is 218 Å². The maximum atomic E-state index is 5.34. The minimum atomic E-state index is 0.694. The molecule has 0 aliphatic carbocycles. The maximum absolute atomic E-state index is 5.34. The summed E-state index contributed by atoms with van der Waals surface area (Å²) in [6.45, 7) is 0. The SMILES string of the molecule is c1ccc(-c2ccc(-c3cc(-c4cc(-c5ccc6ccccc6c5)cc(-c5c6ccccc6cc6c5ccc5ccccc56)c4)nc(-c4ccccc4)n3)cc2)cc1. The van der Waals surface area contributed by atoms with Crippen molar-refractivity contribution in [3.05, 3.63) is 218 Å². The molecule has 10 aromatic carbocycles. The molecule has 0 N–H and O–H groups in total. The topological polar surface area (TPSA) is 25.8 Å². The third-order valence-corrected chi connectivity index (χ3v) is 11.4. The molecule has 0 bridgehead atoms. The summed E-state index contributed by atoms with van der Waals surface area (Å²) >= 11 is 0. The molecule has 0 unspecified atom stereocenters. The van der Waals surface area contributed by atoms with Gasteiger partial charge in [0.05, 0.1) is 11.4 Å². The van der Waals surface area contributed by atoms with E-state index >= 15 is 0 Å². The summed E-state index contributed by atoms with van der Waals surface area (Å²) in [6.07, 6.45) is 0. The van der Waals surface area contributed by atoms with Crippen LogP contribution in [0.1, 0.15) is 0 Å². The van der Waals surface area contributed by atoms with Crippen LogP contribution in [0.5, 0.6) is 0 Å². The number of rotatable bonds is 6. The van der Waals surface area contributed by atoms with E-state index in [4.69, 9.17) is 9.97 Å². The number of benzene rings is 10. The van der Waals surface area contributed by atoms with Crippen LogP contribution in [-0.2, 0) is 0 Å². The molecular weight excluding hydrogens is 701 g/mol. The van der Waals surface area contributed by atoms with E-state index in [2.05, 4.69) is 200 Å². The second-order valence-corrected chi connectivity index (χ2v) is 15.0. The fraction of sp³-hybridized carbons (Fsp3) is 0. The Hall–Kier alpha value is -7.68. The zero-order chi connectivity index (χ0) is 38.4. The summed E-state index contributed by atoms with van der Waals surface area (Å²) in [5, 5.41) is 9.84. The first kappa shape index (κ1) is 33.6. The van der Waals surface area contributed by atoms with Crippen LogP contribution in [0.2, 0.25) is 0 Å². The summed E-state index contributed by atoms with van der Waals surface area (Å²) in [5.41, 5.74) is 11.8. The second kappa shape index (κ2) is 14.1. The Labute approximate surface area is 337 Å². The van der Waals surface area contributed by atoms with Gasteiger partial charge >= 0.3 is 0 Å². The highest BCUT2D eigenvalue weighted by Gasteiger charge is 2.17.